The number of rotatable bonds is 2. The maximum absolute atomic E-state index is 13.4. The van der Waals surface area contributed by atoms with Crippen molar-refractivity contribution in [2.75, 3.05) is 5.32 Å². The summed E-state index contributed by atoms with van der Waals surface area (Å²) in [6.07, 6.45) is 0. The SMILES string of the molecule is Cc1nc(Cl)cc(Nc2c(F)c(F)c(F)c(F)c2F)n1. The van der Waals surface area contributed by atoms with Crippen LogP contribution in [0, 0.1) is 36.0 Å². The van der Waals surface area contributed by atoms with Crippen LogP contribution in [0.1, 0.15) is 5.82 Å². The van der Waals surface area contributed by atoms with E-state index in [2.05, 4.69) is 9.97 Å². The summed E-state index contributed by atoms with van der Waals surface area (Å²) in [7, 11) is 0. The van der Waals surface area contributed by atoms with Gasteiger partial charge in [-0.3, -0.25) is 0 Å². The molecule has 2 rings (SSSR count). The lowest BCUT2D eigenvalue weighted by Crippen LogP contribution is -2.08. The molecule has 0 bridgehead atoms. The molecule has 9 heteroatoms. The molecule has 2 aromatic rings. The Morgan fingerprint density at radius 2 is 1.40 bits per heavy atom. The lowest BCUT2D eigenvalue weighted by Gasteiger charge is -2.10. The van der Waals surface area contributed by atoms with E-state index >= 15 is 0 Å². The van der Waals surface area contributed by atoms with Gasteiger partial charge in [0.05, 0.1) is 0 Å². The molecule has 0 spiro atoms. The van der Waals surface area contributed by atoms with Crippen molar-refractivity contribution in [1.29, 1.82) is 0 Å². The van der Waals surface area contributed by atoms with E-state index in [0.717, 1.165) is 6.07 Å². The number of hydrogen-bond acceptors (Lipinski definition) is 3. The largest absolute Gasteiger partial charge is 0.335 e. The Balaban J connectivity index is 2.54. The first kappa shape index (κ1) is 14.4. The molecule has 1 heterocycles. The molecule has 0 amide bonds. The minimum atomic E-state index is -2.23. The minimum absolute atomic E-state index is 0.0520. The molecule has 106 valence electrons. The minimum Gasteiger partial charge on any atom is -0.335 e. The van der Waals surface area contributed by atoms with Gasteiger partial charge in [-0.1, -0.05) is 11.6 Å². The van der Waals surface area contributed by atoms with Crippen LogP contribution in [-0.4, -0.2) is 9.97 Å². The smallest absolute Gasteiger partial charge is 0.200 e. The molecule has 1 N–H and O–H groups in total. The highest BCUT2D eigenvalue weighted by Crippen LogP contribution is 2.29. The Bertz CT molecular complexity index is 643. The van der Waals surface area contributed by atoms with Gasteiger partial charge >= 0.3 is 0 Å². The average molecular weight is 310 g/mol. The predicted molar refractivity (Wildman–Crippen MR) is 61.3 cm³/mol. The highest BCUT2D eigenvalue weighted by atomic mass is 35.5. The molecule has 0 saturated heterocycles. The summed E-state index contributed by atoms with van der Waals surface area (Å²) in [5, 5.41) is 1.95. The summed E-state index contributed by atoms with van der Waals surface area (Å²) in [5.74, 6) is -10.4. The lowest BCUT2D eigenvalue weighted by molar-refractivity contribution is 0.382. The Morgan fingerprint density at radius 1 is 0.900 bits per heavy atom. The monoisotopic (exact) mass is 309 g/mol. The number of aromatic nitrogens is 2. The standard InChI is InChI=1S/C11H5ClF5N3/c1-3-18-4(12)2-5(19-3)20-11-9(16)7(14)6(13)8(15)10(11)17/h2H,1H3,(H,18,19,20). The lowest BCUT2D eigenvalue weighted by atomic mass is 10.2. The molecule has 0 aliphatic heterocycles. The summed E-state index contributed by atoms with van der Waals surface area (Å²) < 4.78 is 65.7. The van der Waals surface area contributed by atoms with Crippen molar-refractivity contribution in [1.82, 2.24) is 9.97 Å². The number of nitrogens with zero attached hydrogens (tertiary/aromatic N) is 2. The molecule has 0 unspecified atom stereocenters. The van der Waals surface area contributed by atoms with E-state index in [1.165, 1.54) is 6.92 Å². The summed E-state index contributed by atoms with van der Waals surface area (Å²) in [4.78, 5) is 7.40. The Kier molecular flexibility index (Phi) is 3.76. The second kappa shape index (κ2) is 5.20. The zero-order chi connectivity index (χ0) is 15.0. The summed E-state index contributed by atoms with van der Waals surface area (Å²) in [6.45, 7) is 1.44. The third kappa shape index (κ3) is 2.51. The molecule has 0 aliphatic carbocycles. The topological polar surface area (TPSA) is 37.8 Å². The van der Waals surface area contributed by atoms with Gasteiger partial charge in [-0.2, -0.15) is 0 Å². The van der Waals surface area contributed by atoms with Crippen LogP contribution < -0.4 is 5.32 Å². The molecule has 0 saturated carbocycles. The fourth-order valence-electron chi connectivity index (χ4n) is 1.44. The fourth-order valence-corrected chi connectivity index (χ4v) is 1.66. The number of halogens is 6. The van der Waals surface area contributed by atoms with Crippen LogP contribution in [0.4, 0.5) is 33.5 Å². The Morgan fingerprint density at radius 3 is 1.90 bits per heavy atom. The molecular formula is C11H5ClF5N3. The van der Waals surface area contributed by atoms with Gasteiger partial charge in [-0.25, -0.2) is 31.9 Å². The molecule has 0 atom stereocenters. The van der Waals surface area contributed by atoms with E-state index in [1.807, 2.05) is 5.32 Å². The summed E-state index contributed by atoms with van der Waals surface area (Å²) in [5.41, 5.74) is -1.21. The number of hydrogen-bond donors (Lipinski definition) is 1. The van der Waals surface area contributed by atoms with Crippen LogP contribution in [0.15, 0.2) is 6.07 Å². The van der Waals surface area contributed by atoms with Gasteiger partial charge in [0.2, 0.25) is 5.82 Å². The molecule has 0 aliphatic rings. The molecule has 1 aromatic carbocycles. The van der Waals surface area contributed by atoms with Crippen LogP contribution in [0.3, 0.4) is 0 Å². The van der Waals surface area contributed by atoms with Crippen molar-refractivity contribution in [2.45, 2.75) is 6.92 Å². The van der Waals surface area contributed by atoms with E-state index in [1.54, 1.807) is 0 Å². The zero-order valence-electron chi connectivity index (χ0n) is 9.74. The van der Waals surface area contributed by atoms with E-state index in [0.29, 0.717) is 0 Å². The molecular weight excluding hydrogens is 305 g/mol. The zero-order valence-corrected chi connectivity index (χ0v) is 10.5. The van der Waals surface area contributed by atoms with Crippen LogP contribution in [0.5, 0.6) is 0 Å². The summed E-state index contributed by atoms with van der Waals surface area (Å²) in [6, 6.07) is 1.08. The highest BCUT2D eigenvalue weighted by molar-refractivity contribution is 6.29. The Labute approximate surface area is 114 Å². The van der Waals surface area contributed by atoms with E-state index < -0.39 is 34.8 Å². The van der Waals surface area contributed by atoms with Crippen molar-refractivity contribution in [3.05, 3.63) is 46.1 Å². The number of anilines is 2. The Hall–Kier alpha value is -1.96. The fraction of sp³-hybridized carbons (Fsp3) is 0.0909. The first-order valence-corrected chi connectivity index (χ1v) is 5.48. The second-order valence-corrected chi connectivity index (χ2v) is 4.08. The normalized spacial score (nSPS) is 10.8. The summed E-state index contributed by atoms with van der Waals surface area (Å²) >= 11 is 5.60. The average Bonchev–Trinajstić information content (AvgIpc) is 2.38. The van der Waals surface area contributed by atoms with Crippen molar-refractivity contribution in [2.24, 2.45) is 0 Å². The van der Waals surface area contributed by atoms with Crippen molar-refractivity contribution in [3.63, 3.8) is 0 Å². The number of nitrogens with one attached hydrogen (secondary N) is 1. The highest BCUT2D eigenvalue weighted by Gasteiger charge is 2.26. The molecule has 20 heavy (non-hydrogen) atoms. The number of benzene rings is 1. The van der Waals surface area contributed by atoms with Gasteiger partial charge in [-0.05, 0) is 6.92 Å². The van der Waals surface area contributed by atoms with Crippen molar-refractivity contribution >= 4 is 23.1 Å². The van der Waals surface area contributed by atoms with Crippen LogP contribution in [0.2, 0.25) is 5.15 Å². The number of aryl methyl sites for hydroxylation is 1. The van der Waals surface area contributed by atoms with E-state index in [4.69, 9.17) is 11.6 Å². The molecule has 0 radical (unpaired) electrons. The van der Waals surface area contributed by atoms with Gasteiger partial charge in [0.1, 0.15) is 22.5 Å². The van der Waals surface area contributed by atoms with Crippen LogP contribution >= 0.6 is 11.6 Å². The van der Waals surface area contributed by atoms with E-state index in [-0.39, 0.29) is 16.8 Å². The van der Waals surface area contributed by atoms with E-state index in [9.17, 15) is 22.0 Å². The first-order valence-electron chi connectivity index (χ1n) is 5.11. The van der Waals surface area contributed by atoms with Gasteiger partial charge in [0, 0.05) is 6.07 Å². The van der Waals surface area contributed by atoms with Crippen molar-refractivity contribution in [3.8, 4) is 0 Å². The van der Waals surface area contributed by atoms with Crippen LogP contribution in [0.25, 0.3) is 0 Å². The van der Waals surface area contributed by atoms with Gasteiger partial charge in [-0.15, -0.1) is 0 Å². The third-order valence-electron chi connectivity index (χ3n) is 2.27. The van der Waals surface area contributed by atoms with Gasteiger partial charge < -0.3 is 5.32 Å². The van der Waals surface area contributed by atoms with Gasteiger partial charge in [0.15, 0.2) is 23.3 Å². The second-order valence-electron chi connectivity index (χ2n) is 3.69. The maximum atomic E-state index is 13.4. The quantitative estimate of drug-likeness (QED) is 0.396. The maximum Gasteiger partial charge on any atom is 0.200 e. The van der Waals surface area contributed by atoms with Gasteiger partial charge in [0.25, 0.3) is 0 Å². The molecule has 0 fully saturated rings. The first-order chi connectivity index (χ1) is 9.31. The predicted octanol–water partition coefficient (Wildman–Crippen LogP) is 3.88. The third-order valence-corrected chi connectivity index (χ3v) is 2.46. The molecule has 3 nitrogen and oxygen atoms in total. The van der Waals surface area contributed by atoms with Crippen molar-refractivity contribution < 1.29 is 22.0 Å². The molecule has 1 aromatic heterocycles. The van der Waals surface area contributed by atoms with Crippen LogP contribution in [-0.2, 0) is 0 Å².